The van der Waals surface area contributed by atoms with Crippen molar-refractivity contribution in [3.63, 3.8) is 0 Å². The predicted octanol–water partition coefficient (Wildman–Crippen LogP) is 3.33. The number of anilines is 1. The summed E-state index contributed by atoms with van der Waals surface area (Å²) < 4.78 is 0. The van der Waals surface area contributed by atoms with Crippen molar-refractivity contribution in [2.45, 2.75) is 34.1 Å². The topological polar surface area (TPSA) is 41.1 Å². The Morgan fingerprint density at radius 2 is 2.06 bits per heavy atom. The second-order valence-electron chi connectivity index (χ2n) is 4.69. The molecule has 0 atom stereocenters. The zero-order chi connectivity index (χ0) is 12.8. The van der Waals surface area contributed by atoms with Gasteiger partial charge in [0.15, 0.2) is 0 Å². The van der Waals surface area contributed by atoms with Gasteiger partial charge in [0.05, 0.1) is 0 Å². The Kier molecular flexibility index (Phi) is 5.01. The first-order valence-corrected chi connectivity index (χ1v) is 6.18. The zero-order valence-corrected chi connectivity index (χ0v) is 11.1. The Morgan fingerprint density at radius 3 is 2.65 bits per heavy atom. The van der Waals surface area contributed by atoms with Crippen molar-refractivity contribution in [2.75, 3.05) is 11.9 Å². The Balaban J connectivity index is 2.70. The molecule has 0 aromatic heterocycles. The molecule has 1 aromatic rings. The highest BCUT2D eigenvalue weighted by atomic mass is 16.2. The maximum Gasteiger partial charge on any atom is 0.319 e. The van der Waals surface area contributed by atoms with Crippen molar-refractivity contribution >= 4 is 11.7 Å². The van der Waals surface area contributed by atoms with Gasteiger partial charge in [-0.2, -0.15) is 0 Å². The van der Waals surface area contributed by atoms with E-state index in [0.717, 1.165) is 17.7 Å². The fraction of sp³-hybridized carbons (Fsp3) is 0.500. The Morgan fingerprint density at radius 1 is 1.35 bits per heavy atom. The van der Waals surface area contributed by atoms with Crippen molar-refractivity contribution in [3.05, 3.63) is 29.3 Å². The van der Waals surface area contributed by atoms with Gasteiger partial charge in [-0.05, 0) is 30.4 Å². The van der Waals surface area contributed by atoms with E-state index in [1.807, 2.05) is 25.1 Å². The van der Waals surface area contributed by atoms with E-state index >= 15 is 0 Å². The monoisotopic (exact) mass is 234 g/mol. The largest absolute Gasteiger partial charge is 0.338 e. The number of aryl methyl sites for hydroxylation is 2. The summed E-state index contributed by atoms with van der Waals surface area (Å²) in [6.07, 6.45) is 0.918. The van der Waals surface area contributed by atoms with E-state index in [-0.39, 0.29) is 6.03 Å². The molecular formula is C14H22N2O. The molecule has 0 bridgehead atoms. The van der Waals surface area contributed by atoms with Crippen molar-refractivity contribution in [1.82, 2.24) is 5.32 Å². The van der Waals surface area contributed by atoms with Gasteiger partial charge in [0.2, 0.25) is 0 Å². The molecule has 0 spiro atoms. The summed E-state index contributed by atoms with van der Waals surface area (Å²) in [5.74, 6) is 0.461. The number of urea groups is 1. The maximum absolute atomic E-state index is 11.7. The number of carbonyl (C=O) groups excluding carboxylic acids is 1. The van der Waals surface area contributed by atoms with Crippen molar-refractivity contribution in [2.24, 2.45) is 5.92 Å². The van der Waals surface area contributed by atoms with E-state index in [9.17, 15) is 4.79 Å². The molecule has 0 aliphatic rings. The van der Waals surface area contributed by atoms with E-state index in [1.165, 1.54) is 5.56 Å². The van der Waals surface area contributed by atoms with Gasteiger partial charge in [-0.3, -0.25) is 0 Å². The van der Waals surface area contributed by atoms with Crippen LogP contribution in [0.25, 0.3) is 0 Å². The number of nitrogens with one attached hydrogen (secondary N) is 2. The molecule has 17 heavy (non-hydrogen) atoms. The fourth-order valence-electron chi connectivity index (χ4n) is 1.66. The smallest absolute Gasteiger partial charge is 0.319 e. The molecule has 1 rings (SSSR count). The molecule has 0 aliphatic carbocycles. The number of hydrogen-bond donors (Lipinski definition) is 2. The molecule has 0 fully saturated rings. The summed E-state index contributed by atoms with van der Waals surface area (Å²) >= 11 is 0. The number of amides is 2. The third-order valence-electron chi connectivity index (χ3n) is 2.65. The highest BCUT2D eigenvalue weighted by Crippen LogP contribution is 2.20. The first-order chi connectivity index (χ1) is 8.04. The molecule has 0 aliphatic heterocycles. The van der Waals surface area contributed by atoms with Crippen LogP contribution in [0.15, 0.2) is 18.2 Å². The molecule has 0 heterocycles. The standard InChI is InChI=1S/C14H22N2O/c1-5-12-8-6-7-11(4)13(12)16-14(17)15-9-10(2)3/h6-8,10H,5,9H2,1-4H3,(H2,15,16,17). The van der Waals surface area contributed by atoms with Crippen molar-refractivity contribution in [1.29, 1.82) is 0 Å². The maximum atomic E-state index is 11.7. The number of carbonyl (C=O) groups is 1. The number of benzene rings is 1. The van der Waals surface area contributed by atoms with Gasteiger partial charge < -0.3 is 10.6 Å². The van der Waals surface area contributed by atoms with Gasteiger partial charge in [-0.15, -0.1) is 0 Å². The van der Waals surface area contributed by atoms with Gasteiger partial charge in [-0.1, -0.05) is 39.0 Å². The van der Waals surface area contributed by atoms with Crippen LogP contribution in [-0.2, 0) is 6.42 Å². The van der Waals surface area contributed by atoms with E-state index in [2.05, 4.69) is 31.4 Å². The predicted molar refractivity (Wildman–Crippen MR) is 72.4 cm³/mol. The van der Waals surface area contributed by atoms with Gasteiger partial charge in [-0.25, -0.2) is 4.79 Å². The Hall–Kier alpha value is -1.51. The van der Waals surface area contributed by atoms with Crippen LogP contribution in [-0.4, -0.2) is 12.6 Å². The molecule has 0 saturated heterocycles. The number of rotatable bonds is 4. The van der Waals surface area contributed by atoms with Crippen LogP contribution in [0.4, 0.5) is 10.5 Å². The van der Waals surface area contributed by atoms with E-state index < -0.39 is 0 Å². The van der Waals surface area contributed by atoms with Gasteiger partial charge in [0, 0.05) is 12.2 Å². The highest BCUT2D eigenvalue weighted by Gasteiger charge is 2.08. The van der Waals surface area contributed by atoms with Crippen molar-refractivity contribution < 1.29 is 4.79 Å². The zero-order valence-electron chi connectivity index (χ0n) is 11.1. The minimum Gasteiger partial charge on any atom is -0.338 e. The van der Waals surface area contributed by atoms with Gasteiger partial charge in [0.25, 0.3) is 0 Å². The van der Waals surface area contributed by atoms with E-state index in [4.69, 9.17) is 0 Å². The van der Waals surface area contributed by atoms with Crippen LogP contribution in [0.1, 0.15) is 31.9 Å². The lowest BCUT2D eigenvalue weighted by atomic mass is 10.1. The molecule has 3 nitrogen and oxygen atoms in total. The van der Waals surface area contributed by atoms with Crippen LogP contribution in [0.2, 0.25) is 0 Å². The third-order valence-corrected chi connectivity index (χ3v) is 2.65. The lowest BCUT2D eigenvalue weighted by molar-refractivity contribution is 0.251. The molecule has 2 amide bonds. The number of para-hydroxylation sites is 1. The summed E-state index contributed by atoms with van der Waals surface area (Å²) in [7, 11) is 0. The highest BCUT2D eigenvalue weighted by molar-refractivity contribution is 5.91. The summed E-state index contributed by atoms with van der Waals surface area (Å²) in [4.78, 5) is 11.7. The lowest BCUT2D eigenvalue weighted by Gasteiger charge is -2.14. The van der Waals surface area contributed by atoms with Crippen LogP contribution >= 0.6 is 0 Å². The lowest BCUT2D eigenvalue weighted by Crippen LogP contribution is -2.32. The molecular weight excluding hydrogens is 212 g/mol. The minimum atomic E-state index is -0.122. The number of hydrogen-bond acceptors (Lipinski definition) is 1. The fourth-order valence-corrected chi connectivity index (χ4v) is 1.66. The summed E-state index contributed by atoms with van der Waals surface area (Å²) in [6, 6.07) is 5.95. The van der Waals surface area contributed by atoms with E-state index in [0.29, 0.717) is 12.5 Å². The molecule has 2 N–H and O–H groups in total. The SMILES string of the molecule is CCc1cccc(C)c1NC(=O)NCC(C)C. The second kappa shape index (κ2) is 6.28. The molecule has 1 aromatic carbocycles. The Bertz CT molecular complexity index is 386. The second-order valence-corrected chi connectivity index (χ2v) is 4.69. The van der Waals surface area contributed by atoms with Crippen LogP contribution in [0, 0.1) is 12.8 Å². The van der Waals surface area contributed by atoms with E-state index in [1.54, 1.807) is 0 Å². The van der Waals surface area contributed by atoms with Crippen LogP contribution in [0.5, 0.6) is 0 Å². The molecule has 0 saturated carbocycles. The van der Waals surface area contributed by atoms with Crippen LogP contribution in [0.3, 0.4) is 0 Å². The van der Waals surface area contributed by atoms with Crippen molar-refractivity contribution in [3.8, 4) is 0 Å². The van der Waals surface area contributed by atoms with Crippen LogP contribution < -0.4 is 10.6 Å². The van der Waals surface area contributed by atoms with Gasteiger partial charge in [0.1, 0.15) is 0 Å². The first-order valence-electron chi connectivity index (χ1n) is 6.18. The molecule has 0 radical (unpaired) electrons. The average molecular weight is 234 g/mol. The summed E-state index contributed by atoms with van der Waals surface area (Å²) in [6.45, 7) is 8.94. The van der Waals surface area contributed by atoms with Gasteiger partial charge >= 0.3 is 6.03 Å². The summed E-state index contributed by atoms with van der Waals surface area (Å²) in [5.41, 5.74) is 3.21. The quantitative estimate of drug-likeness (QED) is 0.824. The minimum absolute atomic E-state index is 0.122. The summed E-state index contributed by atoms with van der Waals surface area (Å²) in [5, 5.41) is 5.79. The first kappa shape index (κ1) is 13.6. The molecule has 0 unspecified atom stereocenters. The molecule has 94 valence electrons. The normalized spacial score (nSPS) is 10.4. The third kappa shape index (κ3) is 4.10. The molecule has 3 heteroatoms. The Labute approximate surface area is 104 Å². The average Bonchev–Trinajstić information content (AvgIpc) is 2.29.